The van der Waals surface area contributed by atoms with Gasteiger partial charge in [0, 0.05) is 6.61 Å². The molecular weight excluding hydrogens is 412 g/mol. The van der Waals surface area contributed by atoms with Crippen molar-refractivity contribution in [2.24, 2.45) is 0 Å². The van der Waals surface area contributed by atoms with E-state index >= 15 is 0 Å². The van der Waals surface area contributed by atoms with Crippen molar-refractivity contribution in [3.63, 3.8) is 0 Å². The summed E-state index contributed by atoms with van der Waals surface area (Å²) in [5, 5.41) is 12.7. The molecule has 4 rings (SSSR count). The Morgan fingerprint density at radius 2 is 2.21 bits per heavy atom. The van der Waals surface area contributed by atoms with Gasteiger partial charge >= 0.3 is 0 Å². The smallest absolute Gasteiger partial charge is 0.234 e. The van der Waals surface area contributed by atoms with Crippen LogP contribution < -0.4 is 5.32 Å². The number of thioether (sulfide) groups is 1. The standard InChI is InChI=1S/C20H21ClN4O3S/c1-13-15(8-10-27-13)19-23-24-20(25(19)11-14-5-4-9-28-14)29-12-18(26)22-17-7-3-2-6-16(17)21/h2-3,6-8,10,14H,4-5,9,11-12H2,1H3,(H,22,26)/t14-/m1/s1. The topological polar surface area (TPSA) is 82.2 Å². The molecule has 1 aliphatic rings. The molecule has 3 heterocycles. The molecule has 1 atom stereocenters. The summed E-state index contributed by atoms with van der Waals surface area (Å²) in [6.45, 7) is 3.31. The highest BCUT2D eigenvalue weighted by Crippen LogP contribution is 2.29. The molecule has 1 N–H and O–H groups in total. The number of hydrogen-bond acceptors (Lipinski definition) is 6. The first kappa shape index (κ1) is 20.0. The number of rotatable bonds is 7. The lowest BCUT2D eigenvalue weighted by Gasteiger charge is -2.14. The molecule has 3 aromatic rings. The molecule has 1 amide bonds. The maximum Gasteiger partial charge on any atom is 0.234 e. The lowest BCUT2D eigenvalue weighted by Crippen LogP contribution is -2.18. The third-order valence-corrected chi connectivity index (χ3v) is 6.00. The van der Waals surface area contributed by atoms with Crippen LogP contribution in [0.25, 0.3) is 11.4 Å². The second kappa shape index (κ2) is 9.02. The Morgan fingerprint density at radius 3 is 2.93 bits per heavy atom. The van der Waals surface area contributed by atoms with E-state index in [2.05, 4.69) is 15.5 Å². The van der Waals surface area contributed by atoms with Gasteiger partial charge in [-0.2, -0.15) is 0 Å². The summed E-state index contributed by atoms with van der Waals surface area (Å²) in [7, 11) is 0. The number of aryl methyl sites for hydroxylation is 1. The van der Waals surface area contributed by atoms with E-state index in [9.17, 15) is 4.79 Å². The fourth-order valence-corrected chi connectivity index (χ4v) is 4.18. The SMILES string of the molecule is Cc1occc1-c1nnc(SCC(=O)Nc2ccccc2Cl)n1C[C@H]1CCCO1. The number of carbonyl (C=O) groups excluding carboxylic acids is 1. The highest BCUT2D eigenvalue weighted by Gasteiger charge is 2.23. The van der Waals surface area contributed by atoms with Crippen LogP contribution in [0.5, 0.6) is 0 Å². The molecule has 1 saturated heterocycles. The van der Waals surface area contributed by atoms with Gasteiger partial charge in [-0.25, -0.2) is 0 Å². The van der Waals surface area contributed by atoms with Gasteiger partial charge in [0.25, 0.3) is 0 Å². The predicted octanol–water partition coefficient (Wildman–Crippen LogP) is 4.41. The summed E-state index contributed by atoms with van der Waals surface area (Å²) >= 11 is 7.45. The van der Waals surface area contributed by atoms with Gasteiger partial charge in [0.05, 0.1) is 40.9 Å². The molecule has 1 aliphatic heterocycles. The lowest BCUT2D eigenvalue weighted by molar-refractivity contribution is -0.113. The van der Waals surface area contributed by atoms with E-state index in [1.807, 2.05) is 29.7 Å². The minimum Gasteiger partial charge on any atom is -0.469 e. The molecule has 0 unspecified atom stereocenters. The van der Waals surface area contributed by atoms with Gasteiger partial charge < -0.3 is 14.5 Å². The molecule has 152 valence electrons. The minimum absolute atomic E-state index is 0.119. The number of ether oxygens (including phenoxy) is 1. The fraction of sp³-hybridized carbons (Fsp3) is 0.350. The van der Waals surface area contributed by atoms with Crippen LogP contribution in [0.15, 0.2) is 46.2 Å². The van der Waals surface area contributed by atoms with Gasteiger partial charge in [0.15, 0.2) is 11.0 Å². The quantitative estimate of drug-likeness (QED) is 0.557. The van der Waals surface area contributed by atoms with E-state index < -0.39 is 0 Å². The second-order valence-electron chi connectivity index (χ2n) is 6.76. The zero-order chi connectivity index (χ0) is 20.2. The van der Waals surface area contributed by atoms with Gasteiger partial charge in [-0.3, -0.25) is 9.36 Å². The number of nitrogens with zero attached hydrogens (tertiary/aromatic N) is 3. The van der Waals surface area contributed by atoms with Gasteiger partial charge in [0.2, 0.25) is 5.91 Å². The molecular formula is C20H21ClN4O3S. The highest BCUT2D eigenvalue weighted by molar-refractivity contribution is 7.99. The lowest BCUT2D eigenvalue weighted by atomic mass is 10.2. The van der Waals surface area contributed by atoms with E-state index in [0.717, 1.165) is 36.6 Å². The van der Waals surface area contributed by atoms with Gasteiger partial charge in [-0.1, -0.05) is 35.5 Å². The van der Waals surface area contributed by atoms with Crippen molar-refractivity contribution < 1.29 is 13.9 Å². The largest absolute Gasteiger partial charge is 0.469 e. The molecule has 2 aromatic heterocycles. The third-order valence-electron chi connectivity index (χ3n) is 4.71. The third kappa shape index (κ3) is 4.66. The van der Waals surface area contributed by atoms with E-state index in [-0.39, 0.29) is 17.8 Å². The van der Waals surface area contributed by atoms with Crippen molar-refractivity contribution in [3.8, 4) is 11.4 Å². The molecule has 9 heteroatoms. The van der Waals surface area contributed by atoms with E-state index in [4.69, 9.17) is 20.8 Å². The normalized spacial score (nSPS) is 16.3. The Hall–Kier alpha value is -2.29. The molecule has 29 heavy (non-hydrogen) atoms. The molecule has 0 aliphatic carbocycles. The molecule has 0 spiro atoms. The zero-order valence-corrected chi connectivity index (χ0v) is 17.5. The number of furan rings is 1. The Bertz CT molecular complexity index is 997. The summed E-state index contributed by atoms with van der Waals surface area (Å²) in [5.41, 5.74) is 1.48. The number of aromatic nitrogens is 3. The molecule has 7 nitrogen and oxygen atoms in total. The van der Waals surface area contributed by atoms with Crippen LogP contribution in [-0.2, 0) is 16.1 Å². The van der Waals surface area contributed by atoms with E-state index in [1.165, 1.54) is 11.8 Å². The van der Waals surface area contributed by atoms with Crippen LogP contribution in [-0.4, -0.2) is 39.1 Å². The van der Waals surface area contributed by atoms with Crippen molar-refractivity contribution in [2.45, 2.75) is 37.6 Å². The summed E-state index contributed by atoms with van der Waals surface area (Å²) in [5.74, 6) is 1.54. The number of para-hydroxylation sites is 1. The van der Waals surface area contributed by atoms with Gasteiger partial charge in [-0.15, -0.1) is 10.2 Å². The number of halogens is 1. The first-order valence-corrected chi connectivity index (χ1v) is 10.7. The van der Waals surface area contributed by atoms with Crippen molar-refractivity contribution in [1.29, 1.82) is 0 Å². The van der Waals surface area contributed by atoms with Crippen molar-refractivity contribution in [3.05, 3.63) is 47.4 Å². The Morgan fingerprint density at radius 1 is 1.34 bits per heavy atom. The molecule has 1 fully saturated rings. The van der Waals surface area contributed by atoms with E-state index in [0.29, 0.717) is 22.4 Å². The second-order valence-corrected chi connectivity index (χ2v) is 8.11. The fourth-order valence-electron chi connectivity index (χ4n) is 3.25. The molecule has 0 radical (unpaired) electrons. The number of hydrogen-bond donors (Lipinski definition) is 1. The summed E-state index contributed by atoms with van der Waals surface area (Å²) < 4.78 is 13.2. The first-order valence-electron chi connectivity index (χ1n) is 9.38. The highest BCUT2D eigenvalue weighted by atomic mass is 35.5. The Balaban J connectivity index is 1.50. The van der Waals surface area contributed by atoms with Crippen LogP contribution in [0.4, 0.5) is 5.69 Å². The number of benzene rings is 1. The molecule has 0 saturated carbocycles. The zero-order valence-electron chi connectivity index (χ0n) is 15.9. The van der Waals surface area contributed by atoms with Gasteiger partial charge in [-0.05, 0) is 38.0 Å². The maximum absolute atomic E-state index is 12.4. The number of nitrogens with one attached hydrogen (secondary N) is 1. The molecule has 0 bridgehead atoms. The summed E-state index contributed by atoms with van der Waals surface area (Å²) in [6, 6.07) is 9.03. The Labute approximate surface area is 177 Å². The van der Waals surface area contributed by atoms with E-state index in [1.54, 1.807) is 18.4 Å². The first-order chi connectivity index (χ1) is 14.1. The maximum atomic E-state index is 12.4. The van der Waals surface area contributed by atoms with Crippen molar-refractivity contribution in [2.75, 3.05) is 17.7 Å². The monoisotopic (exact) mass is 432 g/mol. The van der Waals surface area contributed by atoms with Crippen LogP contribution >= 0.6 is 23.4 Å². The van der Waals surface area contributed by atoms with Crippen LogP contribution in [0.2, 0.25) is 5.02 Å². The number of anilines is 1. The Kier molecular flexibility index (Phi) is 6.22. The number of carbonyl (C=O) groups is 1. The number of amides is 1. The van der Waals surface area contributed by atoms with Crippen molar-refractivity contribution >= 4 is 35.0 Å². The van der Waals surface area contributed by atoms with Gasteiger partial charge in [0.1, 0.15) is 5.76 Å². The molecule has 1 aromatic carbocycles. The minimum atomic E-state index is -0.157. The van der Waals surface area contributed by atoms with Crippen molar-refractivity contribution in [1.82, 2.24) is 14.8 Å². The van der Waals surface area contributed by atoms with Crippen LogP contribution in [0, 0.1) is 6.92 Å². The van der Waals surface area contributed by atoms with Crippen LogP contribution in [0.1, 0.15) is 18.6 Å². The predicted molar refractivity (Wildman–Crippen MR) is 112 cm³/mol. The average molecular weight is 433 g/mol. The average Bonchev–Trinajstić information content (AvgIpc) is 3.44. The van der Waals surface area contributed by atoms with Crippen LogP contribution in [0.3, 0.4) is 0 Å². The summed E-state index contributed by atoms with van der Waals surface area (Å²) in [6.07, 6.45) is 3.81. The summed E-state index contributed by atoms with van der Waals surface area (Å²) in [4.78, 5) is 12.4.